The molecule has 35 heavy (non-hydrogen) atoms. The number of likely N-dealkylation sites (tertiary alicyclic amines) is 1. The van der Waals surface area contributed by atoms with Crippen LogP contribution in [0.2, 0.25) is 0 Å². The van der Waals surface area contributed by atoms with Gasteiger partial charge in [0.15, 0.2) is 0 Å². The topological polar surface area (TPSA) is 67.2 Å². The quantitative estimate of drug-likeness (QED) is 0.516. The Bertz CT molecular complexity index is 1170. The Kier molecular flexibility index (Phi) is 7.69. The van der Waals surface area contributed by atoms with Gasteiger partial charge in [-0.25, -0.2) is 4.68 Å². The monoisotopic (exact) mass is 472 g/mol. The maximum absolute atomic E-state index is 13.7. The van der Waals surface area contributed by atoms with Gasteiger partial charge in [-0.3, -0.25) is 9.59 Å². The van der Waals surface area contributed by atoms with Gasteiger partial charge in [-0.2, -0.15) is 5.10 Å². The number of aromatic nitrogens is 2. The fourth-order valence-electron chi connectivity index (χ4n) is 4.67. The molecule has 2 amide bonds. The first kappa shape index (κ1) is 24.7. The van der Waals surface area contributed by atoms with E-state index in [1.165, 1.54) is 5.56 Å². The van der Waals surface area contributed by atoms with Crippen molar-refractivity contribution in [3.8, 4) is 16.9 Å². The van der Waals surface area contributed by atoms with Crippen molar-refractivity contribution < 1.29 is 9.59 Å². The third-order valence-electron chi connectivity index (χ3n) is 6.78. The van der Waals surface area contributed by atoms with Gasteiger partial charge in [-0.1, -0.05) is 55.8 Å². The number of amides is 2. The van der Waals surface area contributed by atoms with Crippen LogP contribution in [0.25, 0.3) is 16.9 Å². The molecule has 6 heteroatoms. The van der Waals surface area contributed by atoms with Gasteiger partial charge in [0.05, 0.1) is 11.3 Å². The highest BCUT2D eigenvalue weighted by Gasteiger charge is 2.30. The molecule has 0 radical (unpaired) electrons. The molecule has 1 aromatic heterocycles. The van der Waals surface area contributed by atoms with E-state index in [0.29, 0.717) is 49.7 Å². The van der Waals surface area contributed by atoms with E-state index in [0.717, 1.165) is 23.2 Å². The summed E-state index contributed by atoms with van der Waals surface area (Å²) < 4.78 is 1.79. The number of carbonyl (C=O) groups is 2. The van der Waals surface area contributed by atoms with E-state index in [2.05, 4.69) is 45.1 Å². The first-order valence-corrected chi connectivity index (χ1v) is 12.6. The van der Waals surface area contributed by atoms with Crippen LogP contribution in [0.15, 0.2) is 54.7 Å². The largest absolute Gasteiger partial charge is 0.356 e. The molecule has 0 bridgehead atoms. The van der Waals surface area contributed by atoms with Crippen LogP contribution >= 0.6 is 0 Å². The van der Waals surface area contributed by atoms with Gasteiger partial charge in [0.1, 0.15) is 5.69 Å². The molecule has 1 aliphatic heterocycles. The molecule has 1 aliphatic rings. The van der Waals surface area contributed by atoms with Gasteiger partial charge in [0.25, 0.3) is 5.91 Å². The van der Waals surface area contributed by atoms with Crippen molar-refractivity contribution in [3.05, 3.63) is 71.4 Å². The SMILES string of the molecule is Cc1ccc(-c2nn(-c3ccccc3)cc2C(=O)N2CCC(C(=O)NCCC(C)C)CC2)c(C)c1. The summed E-state index contributed by atoms with van der Waals surface area (Å²) in [7, 11) is 0. The number of aryl methyl sites for hydroxylation is 2. The fraction of sp³-hybridized carbons (Fsp3) is 0.414. The van der Waals surface area contributed by atoms with Crippen molar-refractivity contribution in [3.63, 3.8) is 0 Å². The Morgan fingerprint density at radius 3 is 2.43 bits per heavy atom. The highest BCUT2D eigenvalue weighted by atomic mass is 16.2. The van der Waals surface area contributed by atoms with Gasteiger partial charge < -0.3 is 10.2 Å². The summed E-state index contributed by atoms with van der Waals surface area (Å²) in [5, 5.41) is 7.92. The lowest BCUT2D eigenvalue weighted by atomic mass is 9.94. The first-order chi connectivity index (χ1) is 16.8. The highest BCUT2D eigenvalue weighted by Crippen LogP contribution is 2.29. The average Bonchev–Trinajstić information content (AvgIpc) is 3.29. The van der Waals surface area contributed by atoms with E-state index >= 15 is 0 Å². The summed E-state index contributed by atoms with van der Waals surface area (Å²) in [6.07, 6.45) is 4.20. The third-order valence-corrected chi connectivity index (χ3v) is 6.78. The number of benzene rings is 2. The number of nitrogens with one attached hydrogen (secondary N) is 1. The van der Waals surface area contributed by atoms with Crippen LogP contribution < -0.4 is 5.32 Å². The maximum atomic E-state index is 13.7. The van der Waals surface area contributed by atoms with Crippen molar-refractivity contribution in [2.24, 2.45) is 11.8 Å². The molecule has 0 unspecified atom stereocenters. The van der Waals surface area contributed by atoms with Crippen molar-refractivity contribution in [2.75, 3.05) is 19.6 Å². The Hall–Kier alpha value is -3.41. The second-order valence-corrected chi connectivity index (χ2v) is 10.0. The maximum Gasteiger partial charge on any atom is 0.257 e. The predicted octanol–water partition coefficient (Wildman–Crippen LogP) is 5.17. The lowest BCUT2D eigenvalue weighted by Crippen LogP contribution is -2.43. The van der Waals surface area contributed by atoms with Crippen LogP contribution in [-0.4, -0.2) is 46.1 Å². The summed E-state index contributed by atoms with van der Waals surface area (Å²) in [5.41, 5.74) is 5.44. The molecule has 0 aliphatic carbocycles. The number of hydrogen-bond acceptors (Lipinski definition) is 3. The number of carbonyl (C=O) groups excluding carboxylic acids is 2. The molecule has 0 spiro atoms. The van der Waals surface area contributed by atoms with Crippen molar-refractivity contribution in [2.45, 2.75) is 47.0 Å². The van der Waals surface area contributed by atoms with Crippen LogP contribution in [0.3, 0.4) is 0 Å². The summed E-state index contributed by atoms with van der Waals surface area (Å²) in [6.45, 7) is 10.3. The lowest BCUT2D eigenvalue weighted by molar-refractivity contribution is -0.126. The second-order valence-electron chi connectivity index (χ2n) is 10.0. The van der Waals surface area contributed by atoms with Crippen LogP contribution in [0.5, 0.6) is 0 Å². The number of nitrogens with zero attached hydrogens (tertiary/aromatic N) is 3. The smallest absolute Gasteiger partial charge is 0.257 e. The Morgan fingerprint density at radius 2 is 1.77 bits per heavy atom. The molecule has 2 aromatic carbocycles. The zero-order valence-corrected chi connectivity index (χ0v) is 21.3. The molecule has 4 rings (SSSR count). The van der Waals surface area contributed by atoms with Crippen LogP contribution in [-0.2, 0) is 4.79 Å². The van der Waals surface area contributed by atoms with Crippen molar-refractivity contribution >= 4 is 11.8 Å². The van der Waals surface area contributed by atoms with Gasteiger partial charge in [-0.15, -0.1) is 0 Å². The van der Waals surface area contributed by atoms with Crippen LogP contribution in [0.4, 0.5) is 0 Å². The summed E-state index contributed by atoms with van der Waals surface area (Å²) in [6, 6.07) is 16.1. The van der Waals surface area contributed by atoms with E-state index in [1.807, 2.05) is 47.5 Å². The van der Waals surface area contributed by atoms with Crippen LogP contribution in [0, 0.1) is 25.7 Å². The van der Waals surface area contributed by atoms with E-state index < -0.39 is 0 Å². The van der Waals surface area contributed by atoms with E-state index in [9.17, 15) is 9.59 Å². The van der Waals surface area contributed by atoms with E-state index in [4.69, 9.17) is 5.10 Å². The molecule has 2 heterocycles. The number of piperidine rings is 1. The molecule has 3 aromatic rings. The minimum absolute atomic E-state index is 0.0270. The van der Waals surface area contributed by atoms with E-state index in [-0.39, 0.29) is 17.7 Å². The molecule has 0 saturated carbocycles. The van der Waals surface area contributed by atoms with Crippen LogP contribution in [0.1, 0.15) is 54.6 Å². The van der Waals surface area contributed by atoms with E-state index in [1.54, 1.807) is 4.68 Å². The Balaban J connectivity index is 1.54. The Morgan fingerprint density at radius 1 is 1.06 bits per heavy atom. The molecule has 6 nitrogen and oxygen atoms in total. The van der Waals surface area contributed by atoms with Gasteiger partial charge >= 0.3 is 0 Å². The summed E-state index contributed by atoms with van der Waals surface area (Å²) >= 11 is 0. The Labute approximate surface area is 208 Å². The standard InChI is InChI=1S/C29H36N4O2/c1-20(2)12-15-30-28(34)23-13-16-32(17-14-23)29(35)26-19-33(24-8-6-5-7-9-24)31-27(26)25-11-10-21(3)18-22(25)4/h5-11,18-20,23H,12-17H2,1-4H3,(H,30,34). The minimum atomic E-state index is -0.0305. The molecular weight excluding hydrogens is 436 g/mol. The van der Waals surface area contributed by atoms with Crippen molar-refractivity contribution in [1.82, 2.24) is 20.0 Å². The minimum Gasteiger partial charge on any atom is -0.356 e. The normalized spacial score (nSPS) is 14.4. The van der Waals surface area contributed by atoms with Gasteiger partial charge in [0.2, 0.25) is 5.91 Å². The average molecular weight is 473 g/mol. The predicted molar refractivity (Wildman–Crippen MR) is 140 cm³/mol. The summed E-state index contributed by atoms with van der Waals surface area (Å²) in [5.74, 6) is 0.626. The molecular formula is C29H36N4O2. The number of para-hydroxylation sites is 1. The highest BCUT2D eigenvalue weighted by molar-refractivity contribution is 6.00. The molecule has 0 atom stereocenters. The zero-order valence-electron chi connectivity index (χ0n) is 21.3. The molecule has 184 valence electrons. The van der Waals surface area contributed by atoms with Crippen molar-refractivity contribution in [1.29, 1.82) is 0 Å². The molecule has 1 saturated heterocycles. The second kappa shape index (κ2) is 10.9. The first-order valence-electron chi connectivity index (χ1n) is 12.6. The lowest BCUT2D eigenvalue weighted by Gasteiger charge is -2.31. The van der Waals surface area contributed by atoms with Gasteiger partial charge in [-0.05, 0) is 56.7 Å². The van der Waals surface area contributed by atoms with Gasteiger partial charge in [0, 0.05) is 37.3 Å². The molecule has 1 fully saturated rings. The zero-order chi connectivity index (χ0) is 24.9. The molecule has 1 N–H and O–H groups in total. The number of rotatable bonds is 7. The third kappa shape index (κ3) is 5.81. The summed E-state index contributed by atoms with van der Waals surface area (Å²) in [4.78, 5) is 28.1. The fourth-order valence-corrected chi connectivity index (χ4v) is 4.67. The number of hydrogen-bond donors (Lipinski definition) is 1.